The summed E-state index contributed by atoms with van der Waals surface area (Å²) in [6, 6.07) is 26.4. The summed E-state index contributed by atoms with van der Waals surface area (Å²) < 4.78 is 19.5. The van der Waals surface area contributed by atoms with Crippen LogP contribution in [0.3, 0.4) is 0 Å². The maximum Gasteiger partial charge on any atom is 0.338 e. The largest absolute Gasteiger partial charge is 0.490 e. The molecule has 5 aromatic rings. The number of ether oxygens (including phenoxy) is 3. The van der Waals surface area contributed by atoms with Gasteiger partial charge in [0, 0.05) is 5.02 Å². The number of hydrogen-bond acceptors (Lipinski definition) is 7. The van der Waals surface area contributed by atoms with Crippen LogP contribution in [0.25, 0.3) is 16.8 Å². The van der Waals surface area contributed by atoms with Gasteiger partial charge in [0.1, 0.15) is 12.6 Å². The summed E-state index contributed by atoms with van der Waals surface area (Å²) in [5.41, 5.74) is 2.94. The van der Waals surface area contributed by atoms with E-state index in [-0.39, 0.29) is 17.7 Å². The van der Waals surface area contributed by atoms with Gasteiger partial charge in [-0.3, -0.25) is 9.36 Å². The normalized spacial score (nSPS) is 14.7. The number of allylic oxidation sites excluding steroid dienone is 1. The number of fused-ring (bicyclic) bond motifs is 2. The molecule has 0 unspecified atom stereocenters. The molecule has 1 aliphatic rings. The van der Waals surface area contributed by atoms with Gasteiger partial charge in [0.25, 0.3) is 5.56 Å². The van der Waals surface area contributed by atoms with Crippen LogP contribution in [0.15, 0.2) is 106 Å². The van der Waals surface area contributed by atoms with E-state index in [2.05, 4.69) is 29.3 Å². The average Bonchev–Trinajstić information content (AvgIpc) is 3.34. The number of carbonyl (C=O) groups excluding carboxylic acids is 1. The topological polar surface area (TPSA) is 79.1 Å². The van der Waals surface area contributed by atoms with E-state index in [1.54, 1.807) is 26.0 Å². The molecule has 45 heavy (non-hydrogen) atoms. The van der Waals surface area contributed by atoms with Gasteiger partial charge < -0.3 is 14.2 Å². The number of hydrogen-bond donors (Lipinski definition) is 0. The fraction of sp³-hybridized carbons (Fsp3) is 0.194. The molecule has 2 heterocycles. The molecule has 1 aromatic heterocycles. The highest BCUT2D eigenvalue weighted by Gasteiger charge is 2.34. The molecule has 6 rings (SSSR count). The van der Waals surface area contributed by atoms with Gasteiger partial charge in [-0.05, 0) is 72.5 Å². The first-order valence-corrected chi connectivity index (χ1v) is 15.9. The molecule has 0 saturated heterocycles. The number of nitrogens with zero attached hydrogens (tertiary/aromatic N) is 2. The summed E-state index contributed by atoms with van der Waals surface area (Å²) in [6.45, 7) is 6.42. The van der Waals surface area contributed by atoms with E-state index in [0.717, 1.165) is 21.9 Å². The molecule has 0 bridgehead atoms. The highest BCUT2D eigenvalue weighted by Crippen LogP contribution is 2.35. The molecule has 7 nitrogen and oxygen atoms in total. The molecule has 0 saturated carbocycles. The molecular weight excluding hydrogens is 608 g/mol. The average molecular weight is 639 g/mol. The SMILES string of the molecule is CCOC(=O)C1=C(C)N=c2s/c(=C\c3ccc(OCc4cccc5ccccc45)c(OCC)c3)c(=O)n2[C@@H]1c1ccccc1Cl. The van der Waals surface area contributed by atoms with Gasteiger partial charge in [0.2, 0.25) is 0 Å². The van der Waals surface area contributed by atoms with Gasteiger partial charge in [-0.25, -0.2) is 9.79 Å². The molecule has 0 aliphatic carbocycles. The minimum Gasteiger partial charge on any atom is -0.490 e. The molecule has 1 aliphatic heterocycles. The fourth-order valence-corrected chi connectivity index (χ4v) is 6.80. The van der Waals surface area contributed by atoms with Crippen LogP contribution in [0, 0.1) is 0 Å². The Labute approximate surface area is 269 Å². The molecule has 1 atom stereocenters. The molecule has 4 aromatic carbocycles. The van der Waals surface area contributed by atoms with Crippen molar-refractivity contribution < 1.29 is 19.0 Å². The molecule has 9 heteroatoms. The second kappa shape index (κ2) is 13.1. The Kier molecular flexibility index (Phi) is 8.87. The Hall–Kier alpha value is -4.66. The van der Waals surface area contributed by atoms with E-state index < -0.39 is 12.0 Å². The smallest absolute Gasteiger partial charge is 0.338 e. The third-order valence-electron chi connectivity index (χ3n) is 7.55. The first-order chi connectivity index (χ1) is 21.9. The fourth-order valence-electron chi connectivity index (χ4n) is 5.51. The van der Waals surface area contributed by atoms with Crippen LogP contribution >= 0.6 is 22.9 Å². The van der Waals surface area contributed by atoms with Gasteiger partial charge in [0.05, 0.1) is 29.0 Å². The number of rotatable bonds is 9. The van der Waals surface area contributed by atoms with Gasteiger partial charge in [-0.2, -0.15) is 0 Å². The summed E-state index contributed by atoms with van der Waals surface area (Å²) in [5, 5.41) is 2.73. The highest BCUT2D eigenvalue weighted by molar-refractivity contribution is 7.07. The molecule has 228 valence electrons. The number of esters is 1. The van der Waals surface area contributed by atoms with Crippen molar-refractivity contribution >= 4 is 45.8 Å². The Morgan fingerprint density at radius 1 is 0.956 bits per heavy atom. The maximum atomic E-state index is 14.0. The Balaban J connectivity index is 1.38. The first-order valence-electron chi connectivity index (χ1n) is 14.7. The lowest BCUT2D eigenvalue weighted by molar-refractivity contribution is -0.139. The predicted molar refractivity (Wildman–Crippen MR) is 178 cm³/mol. The summed E-state index contributed by atoms with van der Waals surface area (Å²) in [5.74, 6) is 0.656. The van der Waals surface area contributed by atoms with Gasteiger partial charge >= 0.3 is 5.97 Å². The van der Waals surface area contributed by atoms with E-state index in [9.17, 15) is 9.59 Å². The van der Waals surface area contributed by atoms with Crippen molar-refractivity contribution in [2.45, 2.75) is 33.4 Å². The molecule has 0 radical (unpaired) electrons. The van der Waals surface area contributed by atoms with E-state index in [1.165, 1.54) is 15.9 Å². The van der Waals surface area contributed by atoms with Crippen LogP contribution in [-0.2, 0) is 16.1 Å². The third-order valence-corrected chi connectivity index (χ3v) is 8.87. The van der Waals surface area contributed by atoms with Crippen LogP contribution in [0.1, 0.15) is 43.5 Å². The van der Waals surface area contributed by atoms with Crippen LogP contribution in [-0.4, -0.2) is 23.8 Å². The molecular formula is C36H31ClN2O5S. The zero-order valence-electron chi connectivity index (χ0n) is 25.1. The Morgan fingerprint density at radius 2 is 1.73 bits per heavy atom. The summed E-state index contributed by atoms with van der Waals surface area (Å²) in [6.07, 6.45) is 1.80. The molecule has 0 fully saturated rings. The number of thiazole rings is 1. The number of halogens is 1. The van der Waals surface area contributed by atoms with Gasteiger partial charge in [0.15, 0.2) is 16.3 Å². The number of aromatic nitrogens is 1. The minimum absolute atomic E-state index is 0.194. The van der Waals surface area contributed by atoms with Crippen molar-refractivity contribution in [2.24, 2.45) is 4.99 Å². The Bertz CT molecular complexity index is 2130. The van der Waals surface area contributed by atoms with Gasteiger partial charge in [-0.1, -0.05) is 89.7 Å². The highest BCUT2D eigenvalue weighted by atomic mass is 35.5. The van der Waals surface area contributed by atoms with Crippen molar-refractivity contribution in [3.8, 4) is 11.5 Å². The summed E-state index contributed by atoms with van der Waals surface area (Å²) >= 11 is 7.86. The van der Waals surface area contributed by atoms with Crippen LogP contribution in [0.5, 0.6) is 11.5 Å². The number of carbonyl (C=O) groups is 1. The lowest BCUT2D eigenvalue weighted by atomic mass is 9.96. The summed E-state index contributed by atoms with van der Waals surface area (Å²) in [4.78, 5) is 32.3. The monoisotopic (exact) mass is 638 g/mol. The van der Waals surface area contributed by atoms with Crippen LogP contribution in [0.4, 0.5) is 0 Å². The zero-order chi connectivity index (χ0) is 31.5. The van der Waals surface area contributed by atoms with Crippen molar-refractivity contribution in [3.63, 3.8) is 0 Å². The molecule has 0 N–H and O–H groups in total. The zero-order valence-corrected chi connectivity index (χ0v) is 26.7. The van der Waals surface area contributed by atoms with Crippen molar-refractivity contribution in [1.82, 2.24) is 4.57 Å². The van der Waals surface area contributed by atoms with Crippen LogP contribution in [0.2, 0.25) is 5.02 Å². The molecule has 0 amide bonds. The Morgan fingerprint density at radius 3 is 2.53 bits per heavy atom. The maximum absolute atomic E-state index is 14.0. The van der Waals surface area contributed by atoms with Crippen molar-refractivity contribution in [3.05, 3.63) is 138 Å². The summed E-state index contributed by atoms with van der Waals surface area (Å²) in [7, 11) is 0. The van der Waals surface area contributed by atoms with E-state index >= 15 is 0 Å². The number of benzene rings is 4. The second-order valence-electron chi connectivity index (χ2n) is 10.4. The lowest BCUT2D eigenvalue weighted by Gasteiger charge is -2.25. The van der Waals surface area contributed by atoms with Gasteiger partial charge in [-0.15, -0.1) is 0 Å². The minimum atomic E-state index is -0.778. The standard InChI is InChI=1S/C36H31ClN2O5S/c1-4-42-30-19-23(17-18-29(30)44-21-25-13-10-12-24-11-6-7-14-26(24)25)20-31-34(40)39-33(27-15-8-9-16-28(27)37)32(35(41)43-5-2)22(3)38-36(39)45-31/h6-20,33H,4-5,21H2,1-3H3/b31-20-/t33-/m1/s1. The second-order valence-corrected chi connectivity index (χ2v) is 11.8. The predicted octanol–water partition coefficient (Wildman–Crippen LogP) is 6.58. The van der Waals surface area contributed by atoms with Crippen molar-refractivity contribution in [2.75, 3.05) is 13.2 Å². The van der Waals surface area contributed by atoms with Crippen molar-refractivity contribution in [1.29, 1.82) is 0 Å². The van der Waals surface area contributed by atoms with E-state index in [4.69, 9.17) is 25.8 Å². The van der Waals surface area contributed by atoms with Crippen LogP contribution < -0.4 is 24.4 Å². The van der Waals surface area contributed by atoms with E-state index in [0.29, 0.717) is 50.3 Å². The van der Waals surface area contributed by atoms with E-state index in [1.807, 2.05) is 61.5 Å². The first kappa shape index (κ1) is 30.4. The molecule has 0 spiro atoms. The quantitative estimate of drug-likeness (QED) is 0.170. The lowest BCUT2D eigenvalue weighted by Crippen LogP contribution is -2.40. The third kappa shape index (κ3) is 6.03.